The molecule has 0 spiro atoms. The van der Waals surface area contributed by atoms with E-state index in [0.717, 1.165) is 62.4 Å². The molecule has 28 heavy (non-hydrogen) atoms. The number of ether oxygens (including phenoxy) is 1. The van der Waals surface area contributed by atoms with Crippen LogP contribution in [0, 0.1) is 0 Å². The summed E-state index contributed by atoms with van der Waals surface area (Å²) in [6, 6.07) is 3.68. The van der Waals surface area contributed by atoms with Gasteiger partial charge in [-0.2, -0.15) is 11.8 Å². The molecule has 10 heteroatoms. The average molecular weight is 561 g/mol. The summed E-state index contributed by atoms with van der Waals surface area (Å²) in [7, 11) is 0. The Morgan fingerprint density at radius 3 is 2.79 bits per heavy atom. The van der Waals surface area contributed by atoms with Gasteiger partial charge in [-0.15, -0.1) is 35.3 Å². The van der Waals surface area contributed by atoms with E-state index in [0.29, 0.717) is 10.9 Å². The third-order valence-corrected chi connectivity index (χ3v) is 7.59. The number of hydrogen-bond donors (Lipinski definition) is 3. The van der Waals surface area contributed by atoms with Crippen LogP contribution >= 0.6 is 58.7 Å². The topological polar surface area (TPSA) is 69.1 Å². The molecule has 1 aromatic heterocycles. The fourth-order valence-corrected chi connectivity index (χ4v) is 5.99. The molecule has 3 heterocycles. The van der Waals surface area contributed by atoms with E-state index in [2.05, 4.69) is 22.5 Å². The van der Waals surface area contributed by atoms with E-state index in [1.165, 1.54) is 17.1 Å². The first kappa shape index (κ1) is 24.5. The predicted molar refractivity (Wildman–Crippen MR) is 131 cm³/mol. The molecule has 0 aromatic carbocycles. The second-order valence-electron chi connectivity index (χ2n) is 6.86. The van der Waals surface area contributed by atoms with Crippen LogP contribution in [0.5, 0.6) is 0 Å². The number of hydrogen-bond acceptors (Lipinski definition) is 6. The highest BCUT2D eigenvalue weighted by Crippen LogP contribution is 2.34. The van der Waals surface area contributed by atoms with Crippen molar-refractivity contribution in [2.24, 2.45) is 4.99 Å². The Balaban J connectivity index is 0.00000280. The molecular weight excluding hydrogens is 531 g/mol. The molecule has 6 nitrogen and oxygen atoms in total. The molecule has 0 amide bonds. The molecule has 3 N–H and O–H groups in total. The molecule has 2 atom stereocenters. The zero-order valence-electron chi connectivity index (χ0n) is 16.2. The van der Waals surface area contributed by atoms with Crippen molar-refractivity contribution in [1.29, 1.82) is 0 Å². The van der Waals surface area contributed by atoms with Crippen LogP contribution < -0.4 is 10.6 Å². The number of halogens is 2. The summed E-state index contributed by atoms with van der Waals surface area (Å²) < 4.78 is 6.22. The van der Waals surface area contributed by atoms with Crippen molar-refractivity contribution in [3.63, 3.8) is 0 Å². The van der Waals surface area contributed by atoms with Crippen LogP contribution in [0.1, 0.15) is 24.3 Å². The highest BCUT2D eigenvalue weighted by Gasteiger charge is 2.40. The minimum atomic E-state index is -0.596. The lowest BCUT2D eigenvalue weighted by Gasteiger charge is -2.42. The summed E-state index contributed by atoms with van der Waals surface area (Å²) in [5.74, 6) is 3.06. The maximum atomic E-state index is 10.4. The summed E-state index contributed by atoms with van der Waals surface area (Å²) in [6.45, 7) is 7.59. The van der Waals surface area contributed by atoms with Crippen molar-refractivity contribution in [2.75, 3.05) is 57.4 Å². The number of morpholine rings is 1. The number of thiophene rings is 1. The quantitative estimate of drug-likeness (QED) is 0.271. The maximum Gasteiger partial charge on any atom is 0.191 e. The average Bonchev–Trinajstić information content (AvgIpc) is 3.34. The standard InChI is InChI=1S/C18H29ClN4O2S2.HI/c1-2-20-17(21-11-14(24)15-3-4-16(19)27-15)22-12-18(5-10-26-13-18)23-6-8-25-9-7-23;/h3-4,14,24H,2,5-13H2,1H3,(H2,20,21,22);1H. The van der Waals surface area contributed by atoms with Gasteiger partial charge in [0.1, 0.15) is 6.10 Å². The summed E-state index contributed by atoms with van der Waals surface area (Å²) in [5.41, 5.74) is 0.122. The number of thioether (sulfide) groups is 1. The summed E-state index contributed by atoms with van der Waals surface area (Å²) in [4.78, 5) is 8.30. The summed E-state index contributed by atoms with van der Waals surface area (Å²) in [5, 5.41) is 16.9. The first-order valence-corrected chi connectivity index (χ1v) is 11.8. The first-order valence-electron chi connectivity index (χ1n) is 9.49. The summed E-state index contributed by atoms with van der Waals surface area (Å²) in [6.07, 6.45) is 0.568. The molecule has 160 valence electrons. The van der Waals surface area contributed by atoms with Gasteiger partial charge in [0.25, 0.3) is 0 Å². The highest BCUT2D eigenvalue weighted by atomic mass is 127. The van der Waals surface area contributed by atoms with E-state index in [1.54, 1.807) is 0 Å². The van der Waals surface area contributed by atoms with E-state index < -0.39 is 6.10 Å². The second-order valence-corrected chi connectivity index (χ2v) is 9.71. The van der Waals surface area contributed by atoms with Gasteiger partial charge in [-0.05, 0) is 31.2 Å². The van der Waals surface area contributed by atoms with Crippen LogP contribution in [0.2, 0.25) is 4.34 Å². The maximum absolute atomic E-state index is 10.4. The normalized spacial score (nSPS) is 24.6. The van der Waals surface area contributed by atoms with Crippen molar-refractivity contribution < 1.29 is 9.84 Å². The minimum absolute atomic E-state index is 0. The van der Waals surface area contributed by atoms with Gasteiger partial charge in [-0.3, -0.25) is 9.89 Å². The molecule has 0 bridgehead atoms. The smallest absolute Gasteiger partial charge is 0.191 e. The van der Waals surface area contributed by atoms with E-state index in [1.807, 2.05) is 23.9 Å². The van der Waals surface area contributed by atoms with Gasteiger partial charge in [0.05, 0.1) is 29.6 Å². The Morgan fingerprint density at radius 1 is 1.39 bits per heavy atom. The van der Waals surface area contributed by atoms with Crippen molar-refractivity contribution in [2.45, 2.75) is 25.0 Å². The lowest BCUT2D eigenvalue weighted by Crippen LogP contribution is -2.56. The number of guanidine groups is 1. The van der Waals surface area contributed by atoms with Crippen LogP contribution in [0.4, 0.5) is 0 Å². The van der Waals surface area contributed by atoms with Crippen molar-refractivity contribution in [1.82, 2.24) is 15.5 Å². The van der Waals surface area contributed by atoms with Gasteiger partial charge in [0.2, 0.25) is 0 Å². The fourth-order valence-electron chi connectivity index (χ4n) is 3.48. The number of aliphatic hydroxyl groups is 1. The van der Waals surface area contributed by atoms with Gasteiger partial charge in [-0.1, -0.05) is 11.6 Å². The number of rotatable bonds is 7. The van der Waals surface area contributed by atoms with Crippen molar-refractivity contribution in [3.8, 4) is 0 Å². The van der Waals surface area contributed by atoms with Gasteiger partial charge in [-0.25, -0.2) is 0 Å². The molecule has 3 rings (SSSR count). The van der Waals surface area contributed by atoms with Crippen LogP contribution in [0.15, 0.2) is 17.1 Å². The molecule has 2 aliphatic rings. The summed E-state index contributed by atoms with van der Waals surface area (Å²) >= 11 is 9.38. The van der Waals surface area contributed by atoms with Crippen LogP contribution in [-0.4, -0.2) is 78.9 Å². The highest BCUT2D eigenvalue weighted by molar-refractivity contribution is 14.0. The van der Waals surface area contributed by atoms with Gasteiger partial charge < -0.3 is 20.5 Å². The lowest BCUT2D eigenvalue weighted by atomic mass is 9.96. The second kappa shape index (κ2) is 12.2. The van der Waals surface area contributed by atoms with E-state index in [9.17, 15) is 5.11 Å². The largest absolute Gasteiger partial charge is 0.386 e. The zero-order valence-corrected chi connectivity index (χ0v) is 20.9. The van der Waals surface area contributed by atoms with Gasteiger partial charge in [0.15, 0.2) is 5.96 Å². The molecule has 2 unspecified atom stereocenters. The Bertz CT molecular complexity index is 622. The Labute approximate surface area is 197 Å². The lowest BCUT2D eigenvalue weighted by molar-refractivity contribution is -0.0104. The minimum Gasteiger partial charge on any atom is -0.386 e. The van der Waals surface area contributed by atoms with E-state index >= 15 is 0 Å². The van der Waals surface area contributed by atoms with E-state index in [-0.39, 0.29) is 29.5 Å². The Kier molecular flexibility index (Phi) is 10.6. The molecule has 0 radical (unpaired) electrons. The Hall–Kier alpha value is 0.220. The number of aliphatic hydroxyl groups excluding tert-OH is 1. The fraction of sp³-hybridized carbons (Fsp3) is 0.722. The van der Waals surface area contributed by atoms with Crippen LogP contribution in [-0.2, 0) is 4.74 Å². The number of nitrogens with zero attached hydrogens (tertiary/aromatic N) is 2. The van der Waals surface area contributed by atoms with E-state index in [4.69, 9.17) is 21.3 Å². The van der Waals surface area contributed by atoms with Crippen LogP contribution in [0.3, 0.4) is 0 Å². The Morgan fingerprint density at radius 2 is 2.18 bits per heavy atom. The van der Waals surface area contributed by atoms with Crippen LogP contribution in [0.25, 0.3) is 0 Å². The van der Waals surface area contributed by atoms with Crippen molar-refractivity contribution >= 4 is 64.6 Å². The SMILES string of the molecule is CCNC(=NCC1(N2CCOCC2)CCSC1)NCC(O)c1ccc(Cl)s1.I. The molecular formula is C18H30ClIN4O2S2. The third-order valence-electron chi connectivity index (χ3n) is 5.03. The molecule has 0 saturated carbocycles. The third kappa shape index (κ3) is 6.61. The monoisotopic (exact) mass is 560 g/mol. The zero-order chi connectivity index (χ0) is 19.1. The molecule has 2 saturated heterocycles. The first-order chi connectivity index (χ1) is 13.1. The predicted octanol–water partition coefficient (Wildman–Crippen LogP) is 2.82. The van der Waals surface area contributed by atoms with Crippen molar-refractivity contribution in [3.05, 3.63) is 21.3 Å². The molecule has 1 aromatic rings. The number of nitrogens with one attached hydrogen (secondary N) is 2. The van der Waals surface area contributed by atoms with Gasteiger partial charge >= 0.3 is 0 Å². The molecule has 2 aliphatic heterocycles. The molecule has 2 fully saturated rings. The van der Waals surface area contributed by atoms with Gasteiger partial charge in [0, 0.05) is 36.8 Å². The molecule has 0 aliphatic carbocycles. The number of aliphatic imine (C=N–C) groups is 1.